The number of hydrogen-bond donors (Lipinski definition) is 1. The van der Waals surface area contributed by atoms with Crippen molar-refractivity contribution in [2.45, 2.75) is 19.0 Å². The highest BCUT2D eigenvalue weighted by Crippen LogP contribution is 2.22. The quantitative estimate of drug-likeness (QED) is 0.851. The average Bonchev–Trinajstić information content (AvgIpc) is 2.80. The molecule has 0 saturated carbocycles. The normalized spacial score (nSPS) is 20.2. The number of likely N-dealkylation sites (N-methyl/N-ethyl adjacent to an activating group) is 1. The smallest absolute Gasteiger partial charge is 0.0366 e. The molecule has 0 amide bonds. The van der Waals surface area contributed by atoms with E-state index >= 15 is 0 Å². The Morgan fingerprint density at radius 3 is 2.53 bits per heavy atom. The number of nitrogens with one attached hydrogen (secondary N) is 1. The van der Waals surface area contributed by atoms with Gasteiger partial charge >= 0.3 is 0 Å². The topological polar surface area (TPSA) is 18.5 Å². The summed E-state index contributed by atoms with van der Waals surface area (Å²) in [6.07, 6.45) is 1.27. The Balaban J connectivity index is 1.99. The van der Waals surface area contributed by atoms with Crippen LogP contribution in [0.15, 0.2) is 24.3 Å². The highest BCUT2D eigenvalue weighted by molar-refractivity contribution is 5.48. The third kappa shape index (κ3) is 2.99. The fraction of sp³-hybridized carbons (Fsp3) is 0.571. The minimum Gasteiger partial charge on any atom is -0.370 e. The molecule has 0 radical (unpaired) electrons. The highest BCUT2D eigenvalue weighted by atomic mass is 15.2. The maximum Gasteiger partial charge on any atom is 0.0366 e. The van der Waals surface area contributed by atoms with Crippen LogP contribution < -0.4 is 10.2 Å². The van der Waals surface area contributed by atoms with Crippen molar-refractivity contribution in [2.24, 2.45) is 0 Å². The molecule has 1 unspecified atom stereocenters. The molecule has 1 atom stereocenters. The summed E-state index contributed by atoms with van der Waals surface area (Å²) in [6, 6.07) is 9.62. The predicted molar refractivity (Wildman–Crippen MR) is 73.5 cm³/mol. The molecule has 0 aliphatic carbocycles. The zero-order valence-electron chi connectivity index (χ0n) is 11.1. The minimum absolute atomic E-state index is 0.701. The summed E-state index contributed by atoms with van der Waals surface area (Å²) in [5.74, 6) is 0. The Morgan fingerprint density at radius 1 is 1.29 bits per heavy atom. The third-order valence-corrected chi connectivity index (χ3v) is 3.58. The van der Waals surface area contributed by atoms with E-state index in [1.54, 1.807) is 0 Å². The Labute approximate surface area is 104 Å². The first-order chi connectivity index (χ1) is 8.20. The summed E-state index contributed by atoms with van der Waals surface area (Å²) in [5.41, 5.74) is 2.70. The van der Waals surface area contributed by atoms with Crippen molar-refractivity contribution in [3.63, 3.8) is 0 Å². The Morgan fingerprint density at radius 2 is 2.00 bits per heavy atom. The van der Waals surface area contributed by atoms with Crippen molar-refractivity contribution < 1.29 is 0 Å². The van der Waals surface area contributed by atoms with Crippen LogP contribution >= 0.6 is 0 Å². The lowest BCUT2D eigenvalue weighted by Crippen LogP contribution is -2.31. The van der Waals surface area contributed by atoms with Gasteiger partial charge in [-0.05, 0) is 45.3 Å². The summed E-state index contributed by atoms with van der Waals surface area (Å²) in [5, 5.41) is 3.17. The molecule has 3 nitrogen and oxygen atoms in total. The number of hydrogen-bond acceptors (Lipinski definition) is 3. The molecule has 1 saturated heterocycles. The van der Waals surface area contributed by atoms with Crippen molar-refractivity contribution in [2.75, 3.05) is 39.1 Å². The monoisotopic (exact) mass is 233 g/mol. The van der Waals surface area contributed by atoms with Crippen molar-refractivity contribution >= 4 is 5.69 Å². The van der Waals surface area contributed by atoms with Gasteiger partial charge in [0.25, 0.3) is 0 Å². The molecule has 1 heterocycles. The van der Waals surface area contributed by atoms with E-state index in [1.807, 2.05) is 7.05 Å². The van der Waals surface area contributed by atoms with Gasteiger partial charge in [0.2, 0.25) is 0 Å². The molecule has 0 aromatic heterocycles. The van der Waals surface area contributed by atoms with E-state index < -0.39 is 0 Å². The Bertz CT molecular complexity index is 345. The van der Waals surface area contributed by atoms with Gasteiger partial charge in [-0.1, -0.05) is 12.1 Å². The van der Waals surface area contributed by atoms with Gasteiger partial charge in [-0.15, -0.1) is 0 Å². The molecule has 1 aromatic rings. The molecule has 1 aromatic carbocycles. The largest absolute Gasteiger partial charge is 0.370 e. The van der Waals surface area contributed by atoms with Gasteiger partial charge in [0.1, 0.15) is 0 Å². The Kier molecular flexibility index (Phi) is 4.02. The van der Waals surface area contributed by atoms with Crippen molar-refractivity contribution in [3.05, 3.63) is 29.8 Å². The second-order valence-electron chi connectivity index (χ2n) is 5.05. The highest BCUT2D eigenvalue weighted by Gasteiger charge is 2.23. The van der Waals surface area contributed by atoms with Gasteiger partial charge in [0.05, 0.1) is 0 Å². The summed E-state index contributed by atoms with van der Waals surface area (Å²) in [4.78, 5) is 4.81. The van der Waals surface area contributed by atoms with Crippen LogP contribution in [0.4, 0.5) is 5.69 Å². The van der Waals surface area contributed by atoms with E-state index in [1.165, 1.54) is 24.2 Å². The Hall–Kier alpha value is -1.06. The molecule has 94 valence electrons. The maximum absolute atomic E-state index is 3.17. The molecule has 3 heteroatoms. The SMILES string of the molecule is CNCc1ccc(N2CCC(N(C)C)C2)cc1. The van der Waals surface area contributed by atoms with E-state index in [4.69, 9.17) is 0 Å². The van der Waals surface area contributed by atoms with Gasteiger partial charge in [-0.3, -0.25) is 0 Å². The van der Waals surface area contributed by atoms with E-state index in [9.17, 15) is 0 Å². The molecule has 2 rings (SSSR count). The lowest BCUT2D eigenvalue weighted by atomic mass is 10.2. The average molecular weight is 233 g/mol. The van der Waals surface area contributed by atoms with E-state index in [2.05, 4.69) is 53.5 Å². The zero-order chi connectivity index (χ0) is 12.3. The van der Waals surface area contributed by atoms with Crippen LogP contribution in [0.25, 0.3) is 0 Å². The number of benzene rings is 1. The summed E-state index contributed by atoms with van der Waals surface area (Å²) >= 11 is 0. The summed E-state index contributed by atoms with van der Waals surface area (Å²) < 4.78 is 0. The van der Waals surface area contributed by atoms with Gasteiger partial charge in [0, 0.05) is 31.4 Å². The predicted octanol–water partition coefficient (Wildman–Crippen LogP) is 1.55. The second kappa shape index (κ2) is 5.52. The standard InChI is InChI=1S/C14H23N3/c1-15-10-12-4-6-13(7-5-12)17-9-8-14(11-17)16(2)3/h4-7,14-15H,8-11H2,1-3H3. The van der Waals surface area contributed by atoms with Gasteiger partial charge < -0.3 is 15.1 Å². The summed E-state index contributed by atoms with van der Waals surface area (Å²) in [7, 11) is 6.32. The molecule has 0 spiro atoms. The van der Waals surface area contributed by atoms with Crippen molar-refractivity contribution in [1.29, 1.82) is 0 Å². The first kappa shape index (κ1) is 12.4. The first-order valence-electron chi connectivity index (χ1n) is 6.35. The fourth-order valence-electron chi connectivity index (χ4n) is 2.43. The van der Waals surface area contributed by atoms with E-state index in [0.717, 1.165) is 13.1 Å². The van der Waals surface area contributed by atoms with Crippen LogP contribution in [0, 0.1) is 0 Å². The lowest BCUT2D eigenvalue weighted by molar-refractivity contribution is 0.315. The summed E-state index contributed by atoms with van der Waals surface area (Å²) in [6.45, 7) is 3.27. The molecule has 1 aliphatic rings. The molecular weight excluding hydrogens is 210 g/mol. The first-order valence-corrected chi connectivity index (χ1v) is 6.35. The number of rotatable bonds is 4. The van der Waals surface area contributed by atoms with E-state index in [0.29, 0.717) is 6.04 Å². The van der Waals surface area contributed by atoms with Gasteiger partial charge in [0.15, 0.2) is 0 Å². The van der Waals surface area contributed by atoms with Gasteiger partial charge in [-0.2, -0.15) is 0 Å². The van der Waals surface area contributed by atoms with Crippen LogP contribution in [0.3, 0.4) is 0 Å². The minimum atomic E-state index is 0.701. The maximum atomic E-state index is 3.17. The fourth-order valence-corrected chi connectivity index (χ4v) is 2.43. The third-order valence-electron chi connectivity index (χ3n) is 3.58. The molecule has 0 bridgehead atoms. The second-order valence-corrected chi connectivity index (χ2v) is 5.05. The molecule has 1 aliphatic heterocycles. The molecule has 1 N–H and O–H groups in total. The molecule has 17 heavy (non-hydrogen) atoms. The van der Waals surface area contributed by atoms with Gasteiger partial charge in [-0.25, -0.2) is 0 Å². The molecule has 1 fully saturated rings. The lowest BCUT2D eigenvalue weighted by Gasteiger charge is -2.22. The zero-order valence-corrected chi connectivity index (χ0v) is 11.1. The van der Waals surface area contributed by atoms with E-state index in [-0.39, 0.29) is 0 Å². The van der Waals surface area contributed by atoms with Crippen LogP contribution in [-0.2, 0) is 6.54 Å². The number of anilines is 1. The van der Waals surface area contributed by atoms with Crippen molar-refractivity contribution in [3.8, 4) is 0 Å². The number of nitrogens with zero attached hydrogens (tertiary/aromatic N) is 2. The van der Waals surface area contributed by atoms with Crippen LogP contribution in [0.5, 0.6) is 0 Å². The molecular formula is C14H23N3. The van der Waals surface area contributed by atoms with Crippen LogP contribution in [0.1, 0.15) is 12.0 Å². The van der Waals surface area contributed by atoms with Crippen LogP contribution in [0.2, 0.25) is 0 Å². The van der Waals surface area contributed by atoms with Crippen LogP contribution in [-0.4, -0.2) is 45.2 Å². The van der Waals surface area contributed by atoms with Crippen molar-refractivity contribution in [1.82, 2.24) is 10.2 Å².